The van der Waals surface area contributed by atoms with E-state index in [1.54, 1.807) is 7.11 Å². The second-order valence-corrected chi connectivity index (χ2v) is 3.94. The van der Waals surface area contributed by atoms with Gasteiger partial charge in [-0.1, -0.05) is 12.1 Å². The van der Waals surface area contributed by atoms with Gasteiger partial charge in [0.1, 0.15) is 5.75 Å². The minimum Gasteiger partial charge on any atom is -0.497 e. The number of piperazine rings is 1. The normalized spacial score (nSPS) is 20.3. The minimum atomic E-state index is 0.0712. The van der Waals surface area contributed by atoms with Crippen molar-refractivity contribution in [2.45, 2.75) is 12.5 Å². The van der Waals surface area contributed by atoms with Gasteiger partial charge < -0.3 is 15.4 Å². The third kappa shape index (κ3) is 2.73. The average Bonchev–Trinajstić information content (AvgIpc) is 2.32. The monoisotopic (exact) mass is 220 g/mol. The Hall–Kier alpha value is -1.55. The van der Waals surface area contributed by atoms with Crippen LogP contribution in [0.25, 0.3) is 0 Å². The summed E-state index contributed by atoms with van der Waals surface area (Å²) in [5.74, 6) is 0.944. The molecule has 1 unspecified atom stereocenters. The van der Waals surface area contributed by atoms with E-state index in [0.29, 0.717) is 19.1 Å². The molecule has 2 rings (SSSR count). The fourth-order valence-electron chi connectivity index (χ4n) is 1.84. The first-order valence-corrected chi connectivity index (χ1v) is 5.41. The maximum absolute atomic E-state index is 11.0. The molecular formula is C12H16N2O2. The van der Waals surface area contributed by atoms with Gasteiger partial charge in [0.25, 0.3) is 0 Å². The maximum Gasteiger partial charge on any atom is 0.234 e. The Balaban J connectivity index is 1.95. The molecule has 4 heteroatoms. The van der Waals surface area contributed by atoms with E-state index in [1.165, 1.54) is 5.56 Å². The van der Waals surface area contributed by atoms with Crippen molar-refractivity contribution in [2.75, 3.05) is 20.2 Å². The van der Waals surface area contributed by atoms with Crippen molar-refractivity contribution in [1.82, 2.24) is 10.6 Å². The van der Waals surface area contributed by atoms with Crippen molar-refractivity contribution >= 4 is 5.91 Å². The molecular weight excluding hydrogens is 204 g/mol. The van der Waals surface area contributed by atoms with Gasteiger partial charge >= 0.3 is 0 Å². The molecule has 16 heavy (non-hydrogen) atoms. The number of rotatable bonds is 3. The van der Waals surface area contributed by atoms with Crippen LogP contribution in [0.4, 0.5) is 0 Å². The number of ether oxygens (including phenoxy) is 1. The summed E-state index contributed by atoms with van der Waals surface area (Å²) in [5, 5.41) is 6.05. The fourth-order valence-corrected chi connectivity index (χ4v) is 1.84. The van der Waals surface area contributed by atoms with E-state index in [9.17, 15) is 4.79 Å². The summed E-state index contributed by atoms with van der Waals surface area (Å²) < 4.78 is 5.17. The summed E-state index contributed by atoms with van der Waals surface area (Å²) >= 11 is 0. The summed E-state index contributed by atoms with van der Waals surface area (Å²) in [6.45, 7) is 1.10. The van der Waals surface area contributed by atoms with Crippen LogP contribution in [0.3, 0.4) is 0 Å². The van der Waals surface area contributed by atoms with Crippen molar-refractivity contribution in [1.29, 1.82) is 0 Å². The number of hydrogen-bond acceptors (Lipinski definition) is 3. The molecule has 1 aromatic rings. The zero-order valence-corrected chi connectivity index (χ0v) is 9.32. The summed E-state index contributed by atoms with van der Waals surface area (Å²) in [6.07, 6.45) is 0.900. The molecule has 1 amide bonds. The molecule has 0 saturated carbocycles. The molecule has 2 N–H and O–H groups in total. The predicted molar refractivity (Wildman–Crippen MR) is 61.5 cm³/mol. The minimum absolute atomic E-state index is 0.0712. The Morgan fingerprint density at radius 3 is 3.06 bits per heavy atom. The SMILES string of the molecule is COc1cccc(CC2CNC(=O)CN2)c1. The number of carbonyl (C=O) groups is 1. The molecule has 0 aromatic heterocycles. The summed E-state index contributed by atoms with van der Waals surface area (Å²) in [4.78, 5) is 11.0. The quantitative estimate of drug-likeness (QED) is 0.771. The fraction of sp³-hybridized carbons (Fsp3) is 0.417. The summed E-state index contributed by atoms with van der Waals surface area (Å²) in [5.41, 5.74) is 1.22. The number of benzene rings is 1. The van der Waals surface area contributed by atoms with Crippen LogP contribution in [0.1, 0.15) is 5.56 Å². The van der Waals surface area contributed by atoms with Gasteiger partial charge in [-0.3, -0.25) is 4.79 Å². The Bertz CT molecular complexity index is 369. The first-order valence-electron chi connectivity index (χ1n) is 5.41. The van der Waals surface area contributed by atoms with Gasteiger partial charge in [0, 0.05) is 12.6 Å². The van der Waals surface area contributed by atoms with Crippen molar-refractivity contribution in [3.05, 3.63) is 29.8 Å². The van der Waals surface area contributed by atoms with E-state index in [-0.39, 0.29) is 5.91 Å². The molecule has 1 heterocycles. The molecule has 0 spiro atoms. The highest BCUT2D eigenvalue weighted by Crippen LogP contribution is 2.14. The molecule has 86 valence electrons. The number of amides is 1. The van der Waals surface area contributed by atoms with Crippen molar-refractivity contribution < 1.29 is 9.53 Å². The lowest BCUT2D eigenvalue weighted by atomic mass is 10.0. The molecule has 1 aliphatic heterocycles. The van der Waals surface area contributed by atoms with Gasteiger partial charge in [-0.15, -0.1) is 0 Å². The number of carbonyl (C=O) groups excluding carboxylic acids is 1. The van der Waals surface area contributed by atoms with Crippen LogP contribution in [-0.4, -0.2) is 32.1 Å². The average molecular weight is 220 g/mol. The summed E-state index contributed by atoms with van der Waals surface area (Å²) in [7, 11) is 1.66. The molecule has 1 aliphatic rings. The van der Waals surface area contributed by atoms with E-state index in [1.807, 2.05) is 18.2 Å². The zero-order chi connectivity index (χ0) is 11.4. The Morgan fingerprint density at radius 2 is 2.38 bits per heavy atom. The lowest BCUT2D eigenvalue weighted by Gasteiger charge is -2.24. The number of hydrogen-bond donors (Lipinski definition) is 2. The lowest BCUT2D eigenvalue weighted by Crippen LogP contribution is -2.52. The Kier molecular flexibility index (Phi) is 3.41. The van der Waals surface area contributed by atoms with E-state index < -0.39 is 0 Å². The standard InChI is InChI=1S/C12H16N2O2/c1-16-11-4-2-3-9(6-11)5-10-7-14-12(15)8-13-10/h2-4,6,10,13H,5,7-8H2,1H3,(H,14,15). The van der Waals surface area contributed by atoms with Crippen LogP contribution in [0, 0.1) is 0 Å². The summed E-state index contributed by atoms with van der Waals surface area (Å²) in [6, 6.07) is 8.32. The van der Waals surface area contributed by atoms with Gasteiger partial charge in [-0.2, -0.15) is 0 Å². The van der Waals surface area contributed by atoms with Gasteiger partial charge in [0.05, 0.1) is 13.7 Å². The Labute approximate surface area is 95.0 Å². The van der Waals surface area contributed by atoms with E-state index in [0.717, 1.165) is 12.2 Å². The first kappa shape index (κ1) is 11.0. The van der Waals surface area contributed by atoms with Crippen LogP contribution in [0.15, 0.2) is 24.3 Å². The third-order valence-electron chi connectivity index (χ3n) is 2.71. The molecule has 0 bridgehead atoms. The lowest BCUT2D eigenvalue weighted by molar-refractivity contribution is -0.121. The van der Waals surface area contributed by atoms with Crippen LogP contribution >= 0.6 is 0 Å². The van der Waals surface area contributed by atoms with Crippen LogP contribution in [-0.2, 0) is 11.2 Å². The molecule has 1 saturated heterocycles. The van der Waals surface area contributed by atoms with E-state index in [4.69, 9.17) is 4.74 Å². The van der Waals surface area contributed by atoms with Crippen molar-refractivity contribution in [3.63, 3.8) is 0 Å². The van der Waals surface area contributed by atoms with Gasteiger partial charge in [0.2, 0.25) is 5.91 Å². The predicted octanol–water partition coefficient (Wildman–Crippen LogP) is 0.326. The van der Waals surface area contributed by atoms with Crippen molar-refractivity contribution in [3.8, 4) is 5.75 Å². The maximum atomic E-state index is 11.0. The van der Waals surface area contributed by atoms with Crippen LogP contribution < -0.4 is 15.4 Å². The largest absolute Gasteiger partial charge is 0.497 e. The van der Waals surface area contributed by atoms with Gasteiger partial charge in [0.15, 0.2) is 0 Å². The number of nitrogens with one attached hydrogen (secondary N) is 2. The molecule has 4 nitrogen and oxygen atoms in total. The van der Waals surface area contributed by atoms with Crippen molar-refractivity contribution in [2.24, 2.45) is 0 Å². The molecule has 0 radical (unpaired) electrons. The smallest absolute Gasteiger partial charge is 0.234 e. The second kappa shape index (κ2) is 4.99. The molecule has 1 atom stereocenters. The third-order valence-corrected chi connectivity index (χ3v) is 2.71. The molecule has 0 aliphatic carbocycles. The highest BCUT2D eigenvalue weighted by atomic mass is 16.5. The second-order valence-electron chi connectivity index (χ2n) is 3.94. The van der Waals surface area contributed by atoms with Gasteiger partial charge in [-0.05, 0) is 24.1 Å². The van der Waals surface area contributed by atoms with E-state index >= 15 is 0 Å². The molecule has 1 aromatic carbocycles. The Morgan fingerprint density at radius 1 is 1.50 bits per heavy atom. The van der Waals surface area contributed by atoms with Gasteiger partial charge in [-0.25, -0.2) is 0 Å². The zero-order valence-electron chi connectivity index (χ0n) is 9.32. The number of methoxy groups -OCH3 is 1. The molecule has 1 fully saturated rings. The van der Waals surface area contributed by atoms with Crippen LogP contribution in [0.5, 0.6) is 5.75 Å². The highest BCUT2D eigenvalue weighted by Gasteiger charge is 2.17. The highest BCUT2D eigenvalue weighted by molar-refractivity contribution is 5.78. The topological polar surface area (TPSA) is 50.4 Å². The van der Waals surface area contributed by atoms with Crippen LogP contribution in [0.2, 0.25) is 0 Å². The first-order chi connectivity index (χ1) is 7.78. The van der Waals surface area contributed by atoms with E-state index in [2.05, 4.69) is 16.7 Å².